The lowest BCUT2D eigenvalue weighted by atomic mass is 10.3. The van der Waals surface area contributed by atoms with Crippen molar-refractivity contribution >= 4 is 63.9 Å². The van der Waals surface area contributed by atoms with Crippen molar-refractivity contribution in [3.05, 3.63) is 47.4 Å². The quantitative estimate of drug-likeness (QED) is 0.252. The first-order valence-corrected chi connectivity index (χ1v) is 12.6. The van der Waals surface area contributed by atoms with E-state index in [1.54, 1.807) is 25.5 Å². The topological polar surface area (TPSA) is 89.4 Å². The third-order valence-corrected chi connectivity index (χ3v) is 5.51. The summed E-state index contributed by atoms with van der Waals surface area (Å²) in [4.78, 5) is 12.9. The van der Waals surface area contributed by atoms with Gasteiger partial charge in [0.2, 0.25) is 0 Å². The molecule has 0 aliphatic rings. The molecule has 0 spiro atoms. The molecule has 1 unspecified atom stereocenters. The van der Waals surface area contributed by atoms with Crippen LogP contribution in [0.3, 0.4) is 0 Å². The number of rotatable bonds is 8. The van der Waals surface area contributed by atoms with Gasteiger partial charge in [0, 0.05) is 28.3 Å². The number of nitrogens with one attached hydrogen (secondary N) is 1. The largest absolute Gasteiger partial charge is 0.491 e. The highest BCUT2D eigenvalue weighted by molar-refractivity contribution is 14.2. The number of ether oxygens (including phenoxy) is 1. The summed E-state index contributed by atoms with van der Waals surface area (Å²) in [5.41, 5.74) is 1.48. The van der Waals surface area contributed by atoms with Gasteiger partial charge in [-0.2, -0.15) is 0 Å². The van der Waals surface area contributed by atoms with Crippen molar-refractivity contribution in [1.82, 2.24) is 15.0 Å². The van der Waals surface area contributed by atoms with Gasteiger partial charge in [-0.05, 0) is 36.3 Å². The SMILES string of the molecule is CNc1cnc(C#C/C=C/c2nc3ccc(OCC(O)COSI)cc3s2)cn1. The molecule has 1 atom stereocenters. The number of nitrogens with zero attached hydrogens (tertiary/aromatic N) is 3. The second-order valence-corrected chi connectivity index (χ2v) is 8.14. The minimum Gasteiger partial charge on any atom is -0.491 e. The molecule has 29 heavy (non-hydrogen) atoms. The molecule has 0 bridgehead atoms. The number of aromatic nitrogens is 3. The van der Waals surface area contributed by atoms with Gasteiger partial charge in [-0.1, -0.05) is 5.92 Å². The Bertz CT molecular complexity index is 1030. The average Bonchev–Trinajstić information content (AvgIpc) is 3.16. The second kappa shape index (κ2) is 11.3. The average molecular weight is 540 g/mol. The van der Waals surface area contributed by atoms with E-state index in [4.69, 9.17) is 8.92 Å². The van der Waals surface area contributed by atoms with Crippen molar-refractivity contribution in [3.63, 3.8) is 0 Å². The third kappa shape index (κ3) is 6.83. The van der Waals surface area contributed by atoms with Crippen molar-refractivity contribution in [2.45, 2.75) is 6.10 Å². The maximum Gasteiger partial charge on any atom is 0.144 e. The van der Waals surface area contributed by atoms with E-state index >= 15 is 0 Å². The zero-order valence-corrected chi connectivity index (χ0v) is 19.1. The zero-order chi connectivity index (χ0) is 20.5. The normalized spacial score (nSPS) is 12.0. The lowest BCUT2D eigenvalue weighted by Gasteiger charge is -2.11. The monoisotopic (exact) mass is 540 g/mol. The van der Waals surface area contributed by atoms with Crippen LogP contribution in [0.5, 0.6) is 5.75 Å². The van der Waals surface area contributed by atoms with Crippen LogP contribution >= 0.6 is 41.8 Å². The molecule has 150 valence electrons. The molecule has 0 fully saturated rings. The lowest BCUT2D eigenvalue weighted by Crippen LogP contribution is -2.21. The number of aliphatic hydroxyl groups excluding tert-OH is 1. The first kappa shape index (κ1) is 21.8. The first-order valence-electron chi connectivity index (χ1n) is 8.47. The predicted molar refractivity (Wildman–Crippen MR) is 126 cm³/mol. The first-order chi connectivity index (χ1) is 14.2. The fourth-order valence-electron chi connectivity index (χ4n) is 2.18. The standard InChI is InChI=1S/C19H17IN4O3S2/c1-21-18-10-22-13(9-23-18)4-2-3-5-19-24-16-7-6-15(8-17(16)28-19)26-11-14(25)12-27-29-20/h3,5-10,14,25H,11-12H2,1H3,(H,21,23)/b5-3+. The van der Waals surface area contributed by atoms with Gasteiger partial charge in [-0.15, -0.1) is 11.3 Å². The van der Waals surface area contributed by atoms with Gasteiger partial charge < -0.3 is 19.3 Å². The van der Waals surface area contributed by atoms with Crippen LogP contribution in [0, 0.1) is 11.8 Å². The highest BCUT2D eigenvalue weighted by Gasteiger charge is 2.08. The molecule has 7 nitrogen and oxygen atoms in total. The van der Waals surface area contributed by atoms with Crippen LogP contribution in [0.4, 0.5) is 5.82 Å². The van der Waals surface area contributed by atoms with E-state index in [0.29, 0.717) is 17.3 Å². The molecular weight excluding hydrogens is 523 g/mol. The molecule has 2 N–H and O–H groups in total. The molecule has 0 aliphatic carbocycles. The summed E-state index contributed by atoms with van der Waals surface area (Å²) in [5.74, 6) is 7.26. The second-order valence-electron chi connectivity index (χ2n) is 5.63. The van der Waals surface area contributed by atoms with Gasteiger partial charge in [-0.25, -0.2) is 15.0 Å². The molecular formula is C19H17IN4O3S2. The lowest BCUT2D eigenvalue weighted by molar-refractivity contribution is 0.0707. The molecule has 10 heteroatoms. The summed E-state index contributed by atoms with van der Waals surface area (Å²) in [7, 11) is 2.97. The van der Waals surface area contributed by atoms with E-state index in [2.05, 4.69) is 32.1 Å². The number of benzene rings is 1. The van der Waals surface area contributed by atoms with Crippen LogP contribution in [0.15, 0.2) is 36.7 Å². The summed E-state index contributed by atoms with van der Waals surface area (Å²) >= 11 is 3.54. The van der Waals surface area contributed by atoms with Gasteiger partial charge in [-0.3, -0.25) is 0 Å². The van der Waals surface area contributed by atoms with Crippen LogP contribution in [0.1, 0.15) is 10.7 Å². The van der Waals surface area contributed by atoms with Gasteiger partial charge in [0.05, 0.1) is 38.4 Å². The maximum atomic E-state index is 9.78. The van der Waals surface area contributed by atoms with Gasteiger partial charge in [0.15, 0.2) is 0 Å². The summed E-state index contributed by atoms with van der Waals surface area (Å²) in [6.45, 7) is 0.389. The number of fused-ring (bicyclic) bond motifs is 1. The number of hydrogen-bond acceptors (Lipinski definition) is 9. The number of allylic oxidation sites excluding steroid dienone is 1. The number of anilines is 1. The number of thiazole rings is 1. The van der Waals surface area contributed by atoms with Crippen molar-refractivity contribution < 1.29 is 14.0 Å². The van der Waals surface area contributed by atoms with Crippen molar-refractivity contribution in [2.75, 3.05) is 25.6 Å². The molecule has 0 amide bonds. The van der Waals surface area contributed by atoms with E-state index in [1.807, 2.05) is 45.5 Å². The summed E-state index contributed by atoms with van der Waals surface area (Å²) < 4.78 is 11.7. The Morgan fingerprint density at radius 2 is 2.24 bits per heavy atom. The van der Waals surface area contributed by atoms with Crippen LogP contribution < -0.4 is 10.1 Å². The summed E-state index contributed by atoms with van der Waals surface area (Å²) in [5, 5.41) is 13.5. The zero-order valence-electron chi connectivity index (χ0n) is 15.3. The molecule has 3 rings (SSSR count). The van der Waals surface area contributed by atoms with E-state index < -0.39 is 6.10 Å². The Balaban J connectivity index is 1.60. The molecule has 0 saturated carbocycles. The molecule has 3 aromatic rings. The minimum absolute atomic E-state index is 0.169. The Hall–Kier alpha value is -1.91. The number of hydrogen-bond donors (Lipinski definition) is 2. The Kier molecular flexibility index (Phi) is 8.51. The maximum absolute atomic E-state index is 9.78. The molecule has 2 aromatic heterocycles. The predicted octanol–water partition coefficient (Wildman–Crippen LogP) is 3.95. The van der Waals surface area contributed by atoms with Gasteiger partial charge in [0.25, 0.3) is 0 Å². The van der Waals surface area contributed by atoms with Crippen molar-refractivity contribution in [3.8, 4) is 17.6 Å². The fraction of sp³-hybridized carbons (Fsp3) is 0.211. The summed E-state index contributed by atoms with van der Waals surface area (Å²) in [6, 6.07) is 5.64. The van der Waals surface area contributed by atoms with E-state index in [0.717, 1.165) is 15.2 Å². The summed E-state index contributed by atoms with van der Waals surface area (Å²) in [6.07, 6.45) is 6.18. The fourth-order valence-corrected chi connectivity index (χ4v) is 3.73. The van der Waals surface area contributed by atoms with Crippen molar-refractivity contribution in [1.29, 1.82) is 0 Å². The Morgan fingerprint density at radius 1 is 1.34 bits per heavy atom. The van der Waals surface area contributed by atoms with Crippen molar-refractivity contribution in [2.24, 2.45) is 0 Å². The number of halogens is 1. The van der Waals surface area contributed by atoms with Crippen LogP contribution in [0.2, 0.25) is 0 Å². The smallest absolute Gasteiger partial charge is 0.144 e. The molecule has 0 saturated heterocycles. The van der Waals surface area contributed by atoms with E-state index in [9.17, 15) is 5.11 Å². The highest BCUT2D eigenvalue weighted by atomic mass is 127. The van der Waals surface area contributed by atoms with Crippen LogP contribution in [-0.2, 0) is 4.18 Å². The molecule has 1 aromatic carbocycles. The highest BCUT2D eigenvalue weighted by Crippen LogP contribution is 2.27. The molecule has 2 heterocycles. The van der Waals surface area contributed by atoms with E-state index in [-0.39, 0.29) is 13.2 Å². The third-order valence-electron chi connectivity index (χ3n) is 3.54. The van der Waals surface area contributed by atoms with Gasteiger partial charge >= 0.3 is 0 Å². The number of aliphatic hydroxyl groups is 1. The van der Waals surface area contributed by atoms with Crippen LogP contribution in [-0.4, -0.2) is 46.4 Å². The Morgan fingerprint density at radius 3 is 3.00 bits per heavy atom. The van der Waals surface area contributed by atoms with E-state index in [1.165, 1.54) is 20.6 Å². The molecule has 0 aliphatic heterocycles. The van der Waals surface area contributed by atoms with Gasteiger partial charge in [0.1, 0.15) is 35.0 Å². The van der Waals surface area contributed by atoms with Crippen LogP contribution in [0.25, 0.3) is 16.3 Å². The molecule has 0 radical (unpaired) electrons. The minimum atomic E-state index is -0.675. The Labute approximate surface area is 188 Å².